The average Bonchev–Trinajstić information content (AvgIpc) is 2.64. The zero-order valence-electron chi connectivity index (χ0n) is 13.7. The molecular formula is C17H17BrClN3O3S. The van der Waals surface area contributed by atoms with Crippen molar-refractivity contribution in [2.24, 2.45) is 5.92 Å². The van der Waals surface area contributed by atoms with Crippen molar-refractivity contribution in [3.8, 4) is 0 Å². The van der Waals surface area contributed by atoms with Crippen molar-refractivity contribution in [2.75, 3.05) is 18.4 Å². The molecule has 2 aromatic rings. The van der Waals surface area contributed by atoms with Crippen LogP contribution in [-0.4, -0.2) is 36.7 Å². The third kappa shape index (κ3) is 4.43. The summed E-state index contributed by atoms with van der Waals surface area (Å²) in [7, 11) is -3.54. The first-order chi connectivity index (χ1) is 12.4. The number of halogens is 2. The number of aromatic nitrogens is 1. The molecule has 0 aliphatic carbocycles. The molecule has 1 aliphatic rings. The number of anilines is 1. The number of pyridine rings is 1. The van der Waals surface area contributed by atoms with Gasteiger partial charge in [-0.2, -0.15) is 4.31 Å². The number of rotatable bonds is 4. The van der Waals surface area contributed by atoms with E-state index >= 15 is 0 Å². The van der Waals surface area contributed by atoms with E-state index in [1.54, 1.807) is 36.4 Å². The van der Waals surface area contributed by atoms with Gasteiger partial charge in [0.1, 0.15) is 5.82 Å². The van der Waals surface area contributed by atoms with E-state index < -0.39 is 10.0 Å². The molecule has 0 bridgehead atoms. The lowest BCUT2D eigenvalue weighted by atomic mass is 9.97. The number of piperidine rings is 1. The molecule has 1 aromatic heterocycles. The molecule has 1 fully saturated rings. The number of hydrogen-bond donors (Lipinski definition) is 1. The summed E-state index contributed by atoms with van der Waals surface area (Å²) in [6.07, 6.45) is 2.40. The number of nitrogens with zero attached hydrogens (tertiary/aromatic N) is 2. The Labute approximate surface area is 165 Å². The molecule has 3 rings (SSSR count). The first-order valence-corrected chi connectivity index (χ1v) is 10.7. The van der Waals surface area contributed by atoms with Crippen molar-refractivity contribution in [1.29, 1.82) is 0 Å². The molecule has 6 nitrogen and oxygen atoms in total. The Balaban J connectivity index is 1.60. The van der Waals surface area contributed by atoms with Crippen molar-refractivity contribution in [3.63, 3.8) is 0 Å². The van der Waals surface area contributed by atoms with Gasteiger partial charge in [-0.25, -0.2) is 13.4 Å². The summed E-state index contributed by atoms with van der Waals surface area (Å²) in [5, 5.41) is 3.24. The molecule has 1 aromatic carbocycles. The summed E-state index contributed by atoms with van der Waals surface area (Å²) >= 11 is 9.07. The van der Waals surface area contributed by atoms with Gasteiger partial charge in [0.05, 0.1) is 9.92 Å². The Kier molecular flexibility index (Phi) is 5.96. The van der Waals surface area contributed by atoms with Gasteiger partial charge in [-0.1, -0.05) is 27.5 Å². The normalized spacial score (nSPS) is 16.4. The molecule has 1 aliphatic heterocycles. The van der Waals surface area contributed by atoms with Gasteiger partial charge in [0.25, 0.3) is 0 Å². The highest BCUT2D eigenvalue weighted by Gasteiger charge is 2.32. The second kappa shape index (κ2) is 8.04. The second-order valence-corrected chi connectivity index (χ2v) is 9.27. The fourth-order valence-electron chi connectivity index (χ4n) is 2.79. The van der Waals surface area contributed by atoms with Crippen LogP contribution in [0.2, 0.25) is 5.02 Å². The van der Waals surface area contributed by atoms with Crippen LogP contribution in [0.4, 0.5) is 5.82 Å². The predicted molar refractivity (Wildman–Crippen MR) is 104 cm³/mol. The second-order valence-electron chi connectivity index (χ2n) is 5.98. The Morgan fingerprint density at radius 3 is 2.38 bits per heavy atom. The van der Waals surface area contributed by atoms with Crippen LogP contribution in [0.15, 0.2) is 52.0 Å². The monoisotopic (exact) mass is 457 g/mol. The summed E-state index contributed by atoms with van der Waals surface area (Å²) in [5.74, 6) is 0.0358. The van der Waals surface area contributed by atoms with Crippen LogP contribution >= 0.6 is 27.5 Å². The fraction of sp³-hybridized carbons (Fsp3) is 0.294. The summed E-state index contributed by atoms with van der Waals surface area (Å²) in [4.78, 5) is 16.7. The lowest BCUT2D eigenvalue weighted by Crippen LogP contribution is -2.41. The van der Waals surface area contributed by atoms with Crippen LogP contribution in [0.25, 0.3) is 0 Å². The number of sulfonamides is 1. The number of amides is 1. The van der Waals surface area contributed by atoms with Crippen LogP contribution in [0.1, 0.15) is 12.8 Å². The first kappa shape index (κ1) is 19.3. The van der Waals surface area contributed by atoms with E-state index in [-0.39, 0.29) is 16.7 Å². The van der Waals surface area contributed by atoms with Gasteiger partial charge in [-0.15, -0.1) is 0 Å². The van der Waals surface area contributed by atoms with Gasteiger partial charge in [-0.05, 0) is 49.2 Å². The van der Waals surface area contributed by atoms with Crippen molar-refractivity contribution in [1.82, 2.24) is 9.29 Å². The van der Waals surface area contributed by atoms with Gasteiger partial charge in [0.15, 0.2) is 0 Å². The zero-order chi connectivity index (χ0) is 18.7. The van der Waals surface area contributed by atoms with Crippen LogP contribution < -0.4 is 5.32 Å². The average molecular weight is 459 g/mol. The van der Waals surface area contributed by atoms with Crippen molar-refractivity contribution in [3.05, 3.63) is 52.1 Å². The van der Waals surface area contributed by atoms with Crippen LogP contribution in [0, 0.1) is 5.92 Å². The molecule has 9 heteroatoms. The molecule has 26 heavy (non-hydrogen) atoms. The van der Waals surface area contributed by atoms with E-state index in [1.165, 1.54) is 10.5 Å². The molecule has 138 valence electrons. The highest BCUT2D eigenvalue weighted by atomic mass is 79.9. The predicted octanol–water partition coefficient (Wildman–Crippen LogP) is 3.54. The van der Waals surface area contributed by atoms with Gasteiger partial charge >= 0.3 is 0 Å². The maximum absolute atomic E-state index is 12.7. The molecule has 0 atom stereocenters. The first-order valence-electron chi connectivity index (χ1n) is 8.04. The maximum Gasteiger partial charge on any atom is 0.243 e. The minimum Gasteiger partial charge on any atom is -0.310 e. The number of benzene rings is 1. The van der Waals surface area contributed by atoms with E-state index in [9.17, 15) is 13.2 Å². The Hall–Kier alpha value is -1.48. The molecule has 0 saturated carbocycles. The highest BCUT2D eigenvalue weighted by Crippen LogP contribution is 2.25. The molecule has 1 N–H and O–H groups in total. The van der Waals surface area contributed by atoms with E-state index in [0.29, 0.717) is 36.8 Å². The van der Waals surface area contributed by atoms with E-state index in [4.69, 9.17) is 11.6 Å². The van der Waals surface area contributed by atoms with Crippen molar-refractivity contribution in [2.45, 2.75) is 17.7 Å². The zero-order valence-corrected chi connectivity index (χ0v) is 16.9. The SMILES string of the molecule is O=C(Nc1ccc(Cl)cn1)C1CCN(S(=O)(=O)c2ccc(Br)cc2)CC1. The largest absolute Gasteiger partial charge is 0.310 e. The van der Waals surface area contributed by atoms with Gasteiger partial charge in [0.2, 0.25) is 15.9 Å². The van der Waals surface area contributed by atoms with Crippen LogP contribution in [-0.2, 0) is 14.8 Å². The Morgan fingerprint density at radius 2 is 1.81 bits per heavy atom. The summed E-state index contributed by atoms with van der Waals surface area (Å²) < 4.78 is 27.6. The maximum atomic E-state index is 12.7. The Morgan fingerprint density at radius 1 is 1.15 bits per heavy atom. The van der Waals surface area contributed by atoms with Crippen molar-refractivity contribution < 1.29 is 13.2 Å². The topological polar surface area (TPSA) is 79.4 Å². The molecule has 1 saturated heterocycles. The van der Waals surface area contributed by atoms with Gasteiger partial charge < -0.3 is 5.32 Å². The molecule has 0 spiro atoms. The van der Waals surface area contributed by atoms with Crippen LogP contribution in [0.5, 0.6) is 0 Å². The molecular weight excluding hydrogens is 442 g/mol. The quantitative estimate of drug-likeness (QED) is 0.760. The molecule has 2 heterocycles. The molecule has 0 unspecified atom stereocenters. The number of carbonyl (C=O) groups excluding carboxylic acids is 1. The Bertz CT molecular complexity index is 880. The standard InChI is InChI=1S/C17H17BrClN3O3S/c18-13-1-4-15(5-2-13)26(24,25)22-9-7-12(8-10-22)17(23)21-16-6-3-14(19)11-20-16/h1-6,11-12H,7-10H2,(H,20,21,23). The lowest BCUT2D eigenvalue weighted by molar-refractivity contribution is -0.120. The highest BCUT2D eigenvalue weighted by molar-refractivity contribution is 9.10. The number of carbonyl (C=O) groups is 1. The smallest absolute Gasteiger partial charge is 0.243 e. The van der Waals surface area contributed by atoms with E-state index in [0.717, 1.165) is 4.47 Å². The third-order valence-corrected chi connectivity index (χ3v) is 6.92. The molecule has 1 amide bonds. The fourth-order valence-corrected chi connectivity index (χ4v) is 4.64. The van der Waals surface area contributed by atoms with E-state index in [1.807, 2.05) is 0 Å². The van der Waals surface area contributed by atoms with E-state index in [2.05, 4.69) is 26.2 Å². The minimum absolute atomic E-state index is 0.152. The minimum atomic E-state index is -3.54. The third-order valence-electron chi connectivity index (χ3n) is 4.25. The number of nitrogens with one attached hydrogen (secondary N) is 1. The van der Waals surface area contributed by atoms with Gasteiger partial charge in [0, 0.05) is 29.7 Å². The summed E-state index contributed by atoms with van der Waals surface area (Å²) in [6.45, 7) is 0.620. The molecule has 0 radical (unpaired) electrons. The lowest BCUT2D eigenvalue weighted by Gasteiger charge is -2.30. The summed E-state index contributed by atoms with van der Waals surface area (Å²) in [6, 6.07) is 9.83. The van der Waals surface area contributed by atoms with Crippen molar-refractivity contribution >= 4 is 49.3 Å². The van der Waals surface area contributed by atoms with Crippen LogP contribution in [0.3, 0.4) is 0 Å². The number of hydrogen-bond acceptors (Lipinski definition) is 4. The summed E-state index contributed by atoms with van der Waals surface area (Å²) in [5.41, 5.74) is 0. The van der Waals surface area contributed by atoms with Gasteiger partial charge in [-0.3, -0.25) is 4.79 Å².